The van der Waals surface area contributed by atoms with E-state index in [1.165, 1.54) is 7.11 Å². The average Bonchev–Trinajstić information content (AvgIpc) is 3.02. The molecule has 1 aliphatic rings. The third-order valence-corrected chi connectivity index (χ3v) is 3.24. The monoisotopic (exact) mass is 240 g/mol. The number of carbonyl (C=O) groups excluding carboxylic acids is 1. The van der Waals surface area contributed by atoms with Gasteiger partial charge in [-0.25, -0.2) is 4.79 Å². The van der Waals surface area contributed by atoms with Crippen LogP contribution in [0.4, 0.5) is 0 Å². The average molecular weight is 240 g/mol. The first-order valence-electron chi connectivity index (χ1n) is 5.47. The lowest BCUT2D eigenvalue weighted by molar-refractivity contribution is -0.152. The first-order valence-corrected chi connectivity index (χ1v) is 5.47. The topological polar surface area (TPSA) is 68.9 Å². The molecule has 0 bridgehead atoms. The molecule has 1 unspecified atom stereocenters. The summed E-state index contributed by atoms with van der Waals surface area (Å²) < 4.78 is 15.0. The molecule has 2 rings (SSSR count). The number of hydrogen-bond donors (Lipinski definition) is 1. The lowest BCUT2D eigenvalue weighted by Crippen LogP contribution is -2.35. The highest BCUT2D eigenvalue weighted by Crippen LogP contribution is 2.52. The van der Waals surface area contributed by atoms with E-state index < -0.39 is 17.5 Å². The van der Waals surface area contributed by atoms with Crippen molar-refractivity contribution < 1.29 is 23.8 Å². The van der Waals surface area contributed by atoms with Crippen molar-refractivity contribution in [3.05, 3.63) is 23.7 Å². The lowest BCUT2D eigenvalue weighted by atomic mass is 9.93. The van der Waals surface area contributed by atoms with Crippen molar-refractivity contribution in [1.29, 1.82) is 0 Å². The van der Waals surface area contributed by atoms with Gasteiger partial charge in [0, 0.05) is 12.7 Å². The Morgan fingerprint density at radius 1 is 1.59 bits per heavy atom. The molecule has 0 radical (unpaired) electrons. The van der Waals surface area contributed by atoms with E-state index in [0.717, 1.165) is 5.56 Å². The van der Waals surface area contributed by atoms with Crippen molar-refractivity contribution in [1.82, 2.24) is 0 Å². The largest absolute Gasteiger partial charge is 0.468 e. The minimum Gasteiger partial charge on any atom is -0.468 e. The second kappa shape index (κ2) is 4.50. The Morgan fingerprint density at radius 3 is 2.82 bits per heavy atom. The summed E-state index contributed by atoms with van der Waals surface area (Å²) >= 11 is 0. The van der Waals surface area contributed by atoms with Crippen LogP contribution in [-0.4, -0.2) is 31.4 Å². The van der Waals surface area contributed by atoms with Crippen molar-refractivity contribution in [2.75, 3.05) is 14.2 Å². The fourth-order valence-corrected chi connectivity index (χ4v) is 2.14. The lowest BCUT2D eigenvalue weighted by Gasteiger charge is -2.19. The van der Waals surface area contributed by atoms with Crippen LogP contribution in [0.15, 0.2) is 16.7 Å². The highest BCUT2D eigenvalue weighted by Gasteiger charge is 2.57. The first-order chi connectivity index (χ1) is 8.15. The number of furan rings is 1. The molecule has 1 fully saturated rings. The number of methoxy groups -OCH3 is 2. The predicted molar refractivity (Wildman–Crippen MR) is 58.4 cm³/mol. The van der Waals surface area contributed by atoms with E-state index in [-0.39, 0.29) is 0 Å². The third kappa shape index (κ3) is 1.96. The highest BCUT2D eigenvalue weighted by atomic mass is 16.5. The molecule has 1 N–H and O–H groups in total. The van der Waals surface area contributed by atoms with Crippen LogP contribution >= 0.6 is 0 Å². The van der Waals surface area contributed by atoms with Crippen molar-refractivity contribution in [2.45, 2.75) is 31.0 Å². The van der Waals surface area contributed by atoms with Crippen molar-refractivity contribution in [3.8, 4) is 0 Å². The van der Waals surface area contributed by atoms with E-state index in [9.17, 15) is 9.90 Å². The molecule has 1 aliphatic carbocycles. The van der Waals surface area contributed by atoms with Gasteiger partial charge in [0.1, 0.15) is 5.76 Å². The normalized spacial score (nSPS) is 18.8. The Bertz CT molecular complexity index is 405. The molecule has 1 saturated carbocycles. The van der Waals surface area contributed by atoms with Gasteiger partial charge in [-0.1, -0.05) is 0 Å². The zero-order valence-electron chi connectivity index (χ0n) is 9.93. The summed E-state index contributed by atoms with van der Waals surface area (Å²) in [5.74, 6) is 0.0134. The van der Waals surface area contributed by atoms with Crippen molar-refractivity contribution in [2.24, 2.45) is 0 Å². The fourth-order valence-electron chi connectivity index (χ4n) is 2.14. The van der Waals surface area contributed by atoms with E-state index in [1.807, 2.05) is 0 Å². The number of aliphatic hydroxyl groups is 1. The standard InChI is InChI=1S/C12H16O5/c1-15-7-8-3-6-17-10(8)12(4-5-12)9(13)11(14)16-2/h3,6,9,13H,4-5,7H2,1-2H3. The Balaban J connectivity index is 2.26. The Morgan fingerprint density at radius 2 is 2.29 bits per heavy atom. The van der Waals surface area contributed by atoms with Gasteiger partial charge in [-0.15, -0.1) is 0 Å². The van der Waals surface area contributed by atoms with E-state index in [1.54, 1.807) is 19.4 Å². The number of carbonyl (C=O) groups is 1. The molecular weight excluding hydrogens is 224 g/mol. The maximum Gasteiger partial charge on any atom is 0.335 e. The predicted octanol–water partition coefficient (Wildman–Crippen LogP) is 0.992. The molecule has 17 heavy (non-hydrogen) atoms. The number of ether oxygens (including phenoxy) is 2. The maximum atomic E-state index is 11.4. The summed E-state index contributed by atoms with van der Waals surface area (Å²) in [7, 11) is 2.85. The number of rotatable bonds is 5. The molecular formula is C12H16O5. The smallest absolute Gasteiger partial charge is 0.335 e. The van der Waals surface area contributed by atoms with E-state index in [0.29, 0.717) is 25.2 Å². The number of aliphatic hydroxyl groups excluding tert-OH is 1. The molecule has 0 aliphatic heterocycles. The summed E-state index contributed by atoms with van der Waals surface area (Å²) in [6.45, 7) is 0.404. The zero-order valence-corrected chi connectivity index (χ0v) is 9.93. The summed E-state index contributed by atoms with van der Waals surface area (Å²) in [6, 6.07) is 1.79. The molecule has 1 heterocycles. The summed E-state index contributed by atoms with van der Waals surface area (Å²) in [4.78, 5) is 11.4. The van der Waals surface area contributed by atoms with Gasteiger partial charge in [0.05, 0.1) is 25.4 Å². The molecule has 0 amide bonds. The highest BCUT2D eigenvalue weighted by molar-refractivity contribution is 5.77. The van der Waals surface area contributed by atoms with Crippen LogP contribution in [0, 0.1) is 0 Å². The third-order valence-electron chi connectivity index (χ3n) is 3.24. The van der Waals surface area contributed by atoms with Gasteiger partial charge in [0.15, 0.2) is 6.10 Å². The van der Waals surface area contributed by atoms with Gasteiger partial charge in [-0.2, -0.15) is 0 Å². The molecule has 0 saturated heterocycles. The van der Waals surface area contributed by atoms with Gasteiger partial charge < -0.3 is 19.0 Å². The molecule has 1 atom stereocenters. The van der Waals surface area contributed by atoms with Crippen LogP contribution in [0.2, 0.25) is 0 Å². The van der Waals surface area contributed by atoms with Gasteiger partial charge >= 0.3 is 5.97 Å². The van der Waals surface area contributed by atoms with Gasteiger partial charge in [0.2, 0.25) is 0 Å². The van der Waals surface area contributed by atoms with Gasteiger partial charge in [0.25, 0.3) is 0 Å². The fraction of sp³-hybridized carbons (Fsp3) is 0.583. The van der Waals surface area contributed by atoms with Crippen LogP contribution in [0.25, 0.3) is 0 Å². The quantitative estimate of drug-likeness (QED) is 0.777. The second-order valence-corrected chi connectivity index (χ2v) is 4.29. The molecule has 1 aromatic rings. The maximum absolute atomic E-state index is 11.4. The van der Waals surface area contributed by atoms with E-state index >= 15 is 0 Å². The summed E-state index contributed by atoms with van der Waals surface area (Å²) in [5.41, 5.74) is 0.248. The van der Waals surface area contributed by atoms with E-state index in [2.05, 4.69) is 4.74 Å². The molecule has 5 heteroatoms. The molecule has 0 spiro atoms. The summed E-state index contributed by atoms with van der Waals surface area (Å²) in [6.07, 6.45) is 1.81. The minimum atomic E-state index is -1.17. The van der Waals surface area contributed by atoms with Crippen LogP contribution in [-0.2, 0) is 26.3 Å². The van der Waals surface area contributed by atoms with Crippen LogP contribution < -0.4 is 0 Å². The molecule has 94 valence electrons. The van der Waals surface area contributed by atoms with Crippen molar-refractivity contribution in [3.63, 3.8) is 0 Å². The Kier molecular flexibility index (Phi) is 3.22. The molecule has 1 aromatic heterocycles. The minimum absolute atomic E-state index is 0.404. The van der Waals surface area contributed by atoms with Gasteiger partial charge in [-0.3, -0.25) is 0 Å². The summed E-state index contributed by atoms with van der Waals surface area (Å²) in [5, 5.41) is 10.00. The Hall–Kier alpha value is -1.33. The van der Waals surface area contributed by atoms with Crippen LogP contribution in [0.1, 0.15) is 24.2 Å². The molecule has 0 aromatic carbocycles. The SMILES string of the molecule is COCc1ccoc1C1(C(O)C(=O)OC)CC1. The van der Waals surface area contributed by atoms with E-state index in [4.69, 9.17) is 9.15 Å². The second-order valence-electron chi connectivity index (χ2n) is 4.29. The van der Waals surface area contributed by atoms with Gasteiger partial charge in [-0.05, 0) is 18.9 Å². The Labute approximate surface area is 99.3 Å². The van der Waals surface area contributed by atoms with Crippen LogP contribution in [0.3, 0.4) is 0 Å². The van der Waals surface area contributed by atoms with Crippen LogP contribution in [0.5, 0.6) is 0 Å². The first kappa shape index (κ1) is 12.1. The van der Waals surface area contributed by atoms with Crippen molar-refractivity contribution >= 4 is 5.97 Å². The number of esters is 1. The molecule has 5 nitrogen and oxygen atoms in total. The number of hydrogen-bond acceptors (Lipinski definition) is 5. The zero-order chi connectivity index (χ0) is 12.5.